The topological polar surface area (TPSA) is 80.1 Å². The van der Waals surface area contributed by atoms with Crippen molar-refractivity contribution in [3.63, 3.8) is 0 Å². The van der Waals surface area contributed by atoms with Crippen molar-refractivity contribution in [2.75, 3.05) is 33.4 Å². The van der Waals surface area contributed by atoms with Gasteiger partial charge in [0.2, 0.25) is 10.0 Å². The number of carbonyl (C=O) groups is 1. The molecule has 2 heterocycles. The van der Waals surface area contributed by atoms with Crippen LogP contribution in [-0.2, 0) is 21.3 Å². The van der Waals surface area contributed by atoms with Gasteiger partial charge in [0.15, 0.2) is 0 Å². The molecule has 0 aliphatic carbocycles. The van der Waals surface area contributed by atoms with Gasteiger partial charge in [-0.05, 0) is 37.3 Å². The summed E-state index contributed by atoms with van der Waals surface area (Å²) < 4.78 is 37.6. The molecular weight excluding hydrogens is 356 g/mol. The first-order chi connectivity index (χ1) is 12.4. The number of carbonyl (C=O) groups excluding carboxylic acids is 1. The van der Waals surface area contributed by atoms with Crippen molar-refractivity contribution in [2.24, 2.45) is 0 Å². The van der Waals surface area contributed by atoms with Crippen LogP contribution in [0.15, 0.2) is 45.7 Å². The van der Waals surface area contributed by atoms with E-state index in [0.717, 1.165) is 5.76 Å². The Kier molecular flexibility index (Phi) is 5.45. The van der Waals surface area contributed by atoms with E-state index >= 15 is 0 Å². The molecule has 26 heavy (non-hydrogen) atoms. The highest BCUT2D eigenvalue weighted by Crippen LogP contribution is 2.19. The summed E-state index contributed by atoms with van der Waals surface area (Å²) >= 11 is 0. The molecule has 1 aromatic heterocycles. The predicted octanol–water partition coefficient (Wildman–Crippen LogP) is 1.88. The minimum absolute atomic E-state index is 0.118. The lowest BCUT2D eigenvalue weighted by Gasteiger charge is -2.26. The van der Waals surface area contributed by atoms with Crippen LogP contribution in [0.4, 0.5) is 0 Å². The van der Waals surface area contributed by atoms with Crippen LogP contribution in [0.2, 0.25) is 0 Å². The minimum Gasteiger partial charge on any atom is -0.464 e. The first-order valence-corrected chi connectivity index (χ1v) is 9.80. The zero-order valence-electron chi connectivity index (χ0n) is 14.8. The van der Waals surface area contributed by atoms with Gasteiger partial charge < -0.3 is 14.1 Å². The van der Waals surface area contributed by atoms with Crippen LogP contribution in [-0.4, -0.2) is 56.9 Å². The number of furan rings is 1. The van der Waals surface area contributed by atoms with Crippen molar-refractivity contribution in [3.8, 4) is 0 Å². The van der Waals surface area contributed by atoms with E-state index < -0.39 is 10.0 Å². The Bertz CT molecular complexity index is 884. The zero-order valence-corrected chi connectivity index (χ0v) is 15.7. The molecule has 8 heteroatoms. The third-order valence-electron chi connectivity index (χ3n) is 4.22. The van der Waals surface area contributed by atoms with E-state index in [2.05, 4.69) is 0 Å². The lowest BCUT2D eigenvalue weighted by Crippen LogP contribution is -2.40. The Morgan fingerprint density at radius 3 is 2.58 bits per heavy atom. The lowest BCUT2D eigenvalue weighted by atomic mass is 10.2. The Balaban J connectivity index is 1.78. The van der Waals surface area contributed by atoms with Gasteiger partial charge in [0.05, 0.1) is 24.7 Å². The van der Waals surface area contributed by atoms with Crippen molar-refractivity contribution < 1.29 is 22.4 Å². The van der Waals surface area contributed by atoms with E-state index in [0.29, 0.717) is 44.2 Å². The molecule has 0 radical (unpaired) electrons. The van der Waals surface area contributed by atoms with Gasteiger partial charge in [-0.1, -0.05) is 6.07 Å². The summed E-state index contributed by atoms with van der Waals surface area (Å²) in [5.74, 6) is 1.19. The first kappa shape index (κ1) is 18.6. The molecule has 1 aliphatic heterocycles. The Hall–Kier alpha value is -2.16. The Morgan fingerprint density at radius 1 is 1.19 bits per heavy atom. The van der Waals surface area contributed by atoms with E-state index in [1.807, 2.05) is 19.1 Å². The van der Waals surface area contributed by atoms with Gasteiger partial charge in [0.1, 0.15) is 11.5 Å². The van der Waals surface area contributed by atoms with E-state index in [1.54, 1.807) is 19.2 Å². The number of hydrogen-bond donors (Lipinski definition) is 0. The SMILES string of the molecule is Cc1ccc(CN(C)C(=O)c2cccc(S(=O)(=O)N3CCOCC3)c2)o1. The number of benzene rings is 1. The van der Waals surface area contributed by atoms with Crippen LogP contribution in [0.3, 0.4) is 0 Å². The number of aryl methyl sites for hydroxylation is 1. The van der Waals surface area contributed by atoms with E-state index in [9.17, 15) is 13.2 Å². The average Bonchev–Trinajstić information content (AvgIpc) is 3.06. The first-order valence-electron chi connectivity index (χ1n) is 8.36. The summed E-state index contributed by atoms with van der Waals surface area (Å²) in [5, 5.41) is 0. The lowest BCUT2D eigenvalue weighted by molar-refractivity contribution is 0.0730. The normalized spacial score (nSPS) is 15.8. The highest BCUT2D eigenvalue weighted by Gasteiger charge is 2.27. The maximum atomic E-state index is 12.8. The van der Waals surface area contributed by atoms with Crippen LogP contribution < -0.4 is 0 Å². The molecule has 2 aromatic rings. The second-order valence-corrected chi connectivity index (χ2v) is 8.16. The summed E-state index contributed by atoms with van der Waals surface area (Å²) in [6.07, 6.45) is 0. The summed E-state index contributed by atoms with van der Waals surface area (Å²) in [7, 11) is -1.98. The van der Waals surface area contributed by atoms with E-state index in [4.69, 9.17) is 9.15 Å². The molecule has 0 unspecified atom stereocenters. The highest BCUT2D eigenvalue weighted by atomic mass is 32.2. The summed E-state index contributed by atoms with van der Waals surface area (Å²) in [6.45, 7) is 3.54. The molecule has 3 rings (SSSR count). The average molecular weight is 378 g/mol. The van der Waals surface area contributed by atoms with Gasteiger partial charge in [-0.2, -0.15) is 4.31 Å². The standard InChI is InChI=1S/C18H22N2O5S/c1-14-6-7-16(25-14)13-19(2)18(21)15-4-3-5-17(12-15)26(22,23)20-8-10-24-11-9-20/h3-7,12H,8-11,13H2,1-2H3. The number of morpholine rings is 1. The van der Waals surface area contributed by atoms with Crippen LogP contribution in [0.1, 0.15) is 21.9 Å². The Morgan fingerprint density at radius 2 is 1.92 bits per heavy atom. The number of hydrogen-bond acceptors (Lipinski definition) is 5. The number of rotatable bonds is 5. The maximum Gasteiger partial charge on any atom is 0.254 e. The molecule has 1 fully saturated rings. The molecule has 140 valence electrons. The van der Waals surface area contributed by atoms with Gasteiger partial charge in [0, 0.05) is 25.7 Å². The smallest absolute Gasteiger partial charge is 0.254 e. The molecular formula is C18H22N2O5S. The van der Waals surface area contributed by atoms with E-state index in [-0.39, 0.29) is 10.8 Å². The fourth-order valence-electron chi connectivity index (χ4n) is 2.82. The fraction of sp³-hybridized carbons (Fsp3) is 0.389. The van der Waals surface area contributed by atoms with Crippen molar-refractivity contribution in [1.29, 1.82) is 0 Å². The molecule has 0 atom stereocenters. The number of ether oxygens (including phenoxy) is 1. The molecule has 1 aliphatic rings. The zero-order chi connectivity index (χ0) is 18.7. The van der Waals surface area contributed by atoms with E-state index in [1.165, 1.54) is 21.3 Å². The molecule has 7 nitrogen and oxygen atoms in total. The van der Waals surface area contributed by atoms with Gasteiger partial charge in [-0.25, -0.2) is 8.42 Å². The molecule has 0 bridgehead atoms. The maximum absolute atomic E-state index is 12.8. The fourth-order valence-corrected chi connectivity index (χ4v) is 4.28. The summed E-state index contributed by atoms with van der Waals surface area (Å²) in [6, 6.07) is 9.80. The molecule has 0 N–H and O–H groups in total. The van der Waals surface area contributed by atoms with Gasteiger partial charge >= 0.3 is 0 Å². The minimum atomic E-state index is -3.64. The molecule has 0 spiro atoms. The molecule has 0 saturated carbocycles. The van der Waals surface area contributed by atoms with Crippen LogP contribution in [0.5, 0.6) is 0 Å². The largest absolute Gasteiger partial charge is 0.464 e. The van der Waals surface area contributed by atoms with Gasteiger partial charge in [0.25, 0.3) is 5.91 Å². The number of sulfonamides is 1. The summed E-state index contributed by atoms with van der Waals surface area (Å²) in [5.41, 5.74) is 0.324. The van der Waals surface area contributed by atoms with Crippen LogP contribution in [0, 0.1) is 6.92 Å². The highest BCUT2D eigenvalue weighted by molar-refractivity contribution is 7.89. The van der Waals surface area contributed by atoms with Crippen LogP contribution >= 0.6 is 0 Å². The molecule has 1 amide bonds. The third-order valence-corrected chi connectivity index (χ3v) is 6.12. The molecule has 1 saturated heterocycles. The van der Waals surface area contributed by atoms with Crippen molar-refractivity contribution in [1.82, 2.24) is 9.21 Å². The van der Waals surface area contributed by atoms with Crippen molar-refractivity contribution in [3.05, 3.63) is 53.5 Å². The van der Waals surface area contributed by atoms with Crippen molar-refractivity contribution in [2.45, 2.75) is 18.4 Å². The third kappa shape index (κ3) is 3.98. The predicted molar refractivity (Wildman–Crippen MR) is 95.3 cm³/mol. The van der Waals surface area contributed by atoms with Gasteiger partial charge in [-0.15, -0.1) is 0 Å². The van der Waals surface area contributed by atoms with Gasteiger partial charge in [-0.3, -0.25) is 4.79 Å². The van der Waals surface area contributed by atoms with Crippen molar-refractivity contribution >= 4 is 15.9 Å². The summed E-state index contributed by atoms with van der Waals surface area (Å²) in [4.78, 5) is 14.3. The molecule has 1 aromatic carbocycles. The number of nitrogens with zero attached hydrogens (tertiary/aromatic N) is 2. The second-order valence-electron chi connectivity index (χ2n) is 6.22. The quantitative estimate of drug-likeness (QED) is 0.794. The second kappa shape index (κ2) is 7.61. The monoisotopic (exact) mass is 378 g/mol. The Labute approximate surface area is 153 Å². The van der Waals surface area contributed by atoms with Crippen LogP contribution in [0.25, 0.3) is 0 Å². The number of amides is 1.